The highest BCUT2D eigenvalue weighted by molar-refractivity contribution is 5.81. The molecule has 3 aliphatic heterocycles. The number of pyridine rings is 3. The molecule has 398 valence electrons. The molecule has 0 saturated carbocycles. The van der Waals surface area contributed by atoms with Gasteiger partial charge in [0.05, 0.1) is 52.5 Å². The standard InChI is InChI=1S/3C21H19N3O2.CH4/c3*1-26-14-16-7-10-20-23-19-12-15(5-8-17-4-2-3-11-22-17)6-9-18(19)21(25)24(20)13-16;/h3*2-4,6,9,11-12,16H,7,10,13-14H2,1H3;1H4. The molecular weight excluding hydrogens is 991 g/mol. The molecule has 15 nitrogen and oxygen atoms in total. The maximum atomic E-state index is 12.8. The van der Waals surface area contributed by atoms with Gasteiger partial charge in [0.1, 0.15) is 34.6 Å². The Morgan fingerprint density at radius 1 is 0.430 bits per heavy atom. The highest BCUT2D eigenvalue weighted by atomic mass is 16.5. The average molecular weight is 1050 g/mol. The molecule has 0 saturated heterocycles. The van der Waals surface area contributed by atoms with E-state index in [1.165, 1.54) is 0 Å². The molecule has 79 heavy (non-hydrogen) atoms. The zero-order valence-corrected chi connectivity index (χ0v) is 43.8. The predicted octanol–water partition coefficient (Wildman–Crippen LogP) is 7.84. The number of methoxy groups -OCH3 is 3. The molecule has 0 spiro atoms. The summed E-state index contributed by atoms with van der Waals surface area (Å²) in [7, 11) is 5.10. The third-order valence-corrected chi connectivity index (χ3v) is 14.0. The summed E-state index contributed by atoms with van der Waals surface area (Å²) in [5.41, 5.74) is 6.83. The van der Waals surface area contributed by atoms with Crippen LogP contribution in [0.5, 0.6) is 0 Å². The van der Waals surface area contributed by atoms with E-state index in [-0.39, 0.29) is 24.1 Å². The van der Waals surface area contributed by atoms with Crippen molar-refractivity contribution in [1.29, 1.82) is 0 Å². The topological polar surface area (TPSA) is 171 Å². The van der Waals surface area contributed by atoms with Crippen LogP contribution in [0, 0.1) is 53.3 Å². The van der Waals surface area contributed by atoms with Crippen molar-refractivity contribution in [3.63, 3.8) is 0 Å². The molecule has 12 rings (SSSR count). The Labute approximate surface area is 458 Å². The van der Waals surface area contributed by atoms with Gasteiger partial charge in [-0.05, 0) is 128 Å². The number of nitrogens with zero attached hydrogens (tertiary/aromatic N) is 9. The molecule has 0 amide bonds. The van der Waals surface area contributed by atoms with Gasteiger partial charge in [0.15, 0.2) is 0 Å². The fraction of sp³-hybridized carbons (Fsp3) is 0.297. The minimum Gasteiger partial charge on any atom is -0.384 e. The molecule has 3 aliphatic rings. The number of hydrogen-bond acceptors (Lipinski definition) is 12. The maximum absolute atomic E-state index is 12.8. The number of ether oxygens (including phenoxy) is 3. The molecule has 6 aromatic heterocycles. The van der Waals surface area contributed by atoms with Crippen molar-refractivity contribution in [2.24, 2.45) is 17.8 Å². The van der Waals surface area contributed by atoms with Crippen molar-refractivity contribution in [1.82, 2.24) is 43.6 Å². The Bertz CT molecular complexity index is 3600. The molecule has 0 bridgehead atoms. The predicted molar refractivity (Wildman–Crippen MR) is 306 cm³/mol. The lowest BCUT2D eigenvalue weighted by atomic mass is 9.99. The quantitative estimate of drug-likeness (QED) is 0.148. The summed E-state index contributed by atoms with van der Waals surface area (Å²) >= 11 is 0. The van der Waals surface area contributed by atoms with Crippen LogP contribution in [0.3, 0.4) is 0 Å². The van der Waals surface area contributed by atoms with Gasteiger partial charge in [-0.25, -0.2) is 29.9 Å². The third kappa shape index (κ3) is 13.3. The number of aromatic nitrogens is 9. The van der Waals surface area contributed by atoms with Crippen LogP contribution in [0.4, 0.5) is 0 Å². The molecule has 0 fully saturated rings. The van der Waals surface area contributed by atoms with Gasteiger partial charge >= 0.3 is 0 Å². The van der Waals surface area contributed by atoms with Gasteiger partial charge in [-0.3, -0.25) is 28.1 Å². The number of rotatable bonds is 6. The van der Waals surface area contributed by atoms with Crippen LogP contribution < -0.4 is 16.7 Å². The Hall–Kier alpha value is -8.91. The second-order valence-electron chi connectivity index (χ2n) is 19.5. The van der Waals surface area contributed by atoms with Crippen LogP contribution in [0.1, 0.15) is 77.9 Å². The second-order valence-corrected chi connectivity index (χ2v) is 19.5. The first-order valence-corrected chi connectivity index (χ1v) is 26.1. The first kappa shape index (κ1) is 54.9. The van der Waals surface area contributed by atoms with Crippen LogP contribution in [0.15, 0.2) is 142 Å². The number of fused-ring (bicyclic) bond motifs is 6. The normalized spacial score (nSPS) is 15.8. The fourth-order valence-electron chi connectivity index (χ4n) is 10.1. The van der Waals surface area contributed by atoms with Gasteiger partial charge < -0.3 is 14.2 Å². The Kier molecular flexibility index (Phi) is 18.0. The van der Waals surface area contributed by atoms with E-state index in [0.717, 1.165) is 89.8 Å². The number of hydrogen-bond donors (Lipinski definition) is 0. The Morgan fingerprint density at radius 2 is 0.734 bits per heavy atom. The van der Waals surface area contributed by atoms with Gasteiger partial charge in [-0.2, -0.15) is 0 Å². The van der Waals surface area contributed by atoms with Crippen LogP contribution in [-0.4, -0.2) is 84.8 Å². The summed E-state index contributed by atoms with van der Waals surface area (Å²) in [4.78, 5) is 65.3. The van der Waals surface area contributed by atoms with Crippen molar-refractivity contribution in [3.05, 3.63) is 210 Å². The van der Waals surface area contributed by atoms with Gasteiger partial charge in [-0.15, -0.1) is 0 Å². The van der Waals surface area contributed by atoms with E-state index in [9.17, 15) is 14.4 Å². The smallest absolute Gasteiger partial charge is 0.261 e. The van der Waals surface area contributed by atoms with E-state index in [4.69, 9.17) is 29.2 Å². The van der Waals surface area contributed by atoms with Crippen LogP contribution in [0.25, 0.3) is 32.7 Å². The van der Waals surface area contributed by atoms with Crippen molar-refractivity contribution >= 4 is 32.7 Å². The van der Waals surface area contributed by atoms with E-state index in [2.05, 4.69) is 50.5 Å². The van der Waals surface area contributed by atoms with Gasteiger partial charge in [0.2, 0.25) is 0 Å². The fourth-order valence-corrected chi connectivity index (χ4v) is 10.1. The highest BCUT2D eigenvalue weighted by Crippen LogP contribution is 2.23. The maximum Gasteiger partial charge on any atom is 0.261 e. The van der Waals surface area contributed by atoms with Gasteiger partial charge in [-0.1, -0.05) is 43.4 Å². The Balaban J connectivity index is 0.000000143. The lowest BCUT2D eigenvalue weighted by Crippen LogP contribution is -2.34. The molecular formula is C64H61N9O6. The summed E-state index contributed by atoms with van der Waals surface area (Å²) in [6, 6.07) is 33.6. The minimum absolute atomic E-state index is 0. The van der Waals surface area contributed by atoms with Crippen molar-refractivity contribution in [2.45, 2.75) is 65.6 Å². The van der Waals surface area contributed by atoms with Gasteiger partial charge in [0.25, 0.3) is 16.7 Å². The van der Waals surface area contributed by atoms with E-state index in [1.807, 2.05) is 109 Å². The first-order chi connectivity index (χ1) is 38.2. The largest absolute Gasteiger partial charge is 0.384 e. The summed E-state index contributed by atoms with van der Waals surface area (Å²) in [6.45, 7) is 4.04. The lowest BCUT2D eigenvalue weighted by Gasteiger charge is -2.25. The average Bonchev–Trinajstić information content (AvgIpc) is 3.53. The number of aryl methyl sites for hydroxylation is 3. The van der Waals surface area contributed by atoms with Crippen LogP contribution >= 0.6 is 0 Å². The Morgan fingerprint density at radius 3 is 1.00 bits per heavy atom. The van der Waals surface area contributed by atoms with E-state index in [0.29, 0.717) is 89.9 Å². The minimum atomic E-state index is 0. The first-order valence-electron chi connectivity index (χ1n) is 26.1. The summed E-state index contributed by atoms with van der Waals surface area (Å²) < 4.78 is 21.1. The second kappa shape index (κ2) is 26.0. The number of benzene rings is 3. The summed E-state index contributed by atoms with van der Waals surface area (Å²) in [5, 5.41) is 1.90. The molecule has 9 heterocycles. The zero-order valence-electron chi connectivity index (χ0n) is 43.8. The molecule has 0 radical (unpaired) electrons. The van der Waals surface area contributed by atoms with Crippen LogP contribution in [0.2, 0.25) is 0 Å². The summed E-state index contributed by atoms with van der Waals surface area (Å²) in [6.07, 6.45) is 10.5. The van der Waals surface area contributed by atoms with Gasteiger partial charge in [0, 0.05) is 113 Å². The molecule has 0 N–H and O–H groups in total. The molecule has 3 aromatic carbocycles. The molecule has 0 aliphatic carbocycles. The lowest BCUT2D eigenvalue weighted by molar-refractivity contribution is 0.130. The SMILES string of the molecule is C.COCC1CCc2nc3cc(C#Cc4ccccn4)ccc3c(=O)n2C1.COCC1CCc2nc3cc(C#Cc4ccccn4)ccc3c(=O)n2C1.COCC1CCc2nc3cc(C#Cc4ccccn4)ccc3c(=O)n2C1. The van der Waals surface area contributed by atoms with E-state index in [1.54, 1.807) is 53.6 Å². The molecule has 15 heteroatoms. The molecule has 3 atom stereocenters. The van der Waals surface area contributed by atoms with Crippen molar-refractivity contribution < 1.29 is 14.2 Å². The molecule has 3 unspecified atom stereocenters. The highest BCUT2D eigenvalue weighted by Gasteiger charge is 2.24. The molecule has 9 aromatic rings. The zero-order chi connectivity index (χ0) is 53.8. The third-order valence-electron chi connectivity index (χ3n) is 14.0. The van der Waals surface area contributed by atoms with Crippen molar-refractivity contribution in [2.75, 3.05) is 41.2 Å². The summed E-state index contributed by atoms with van der Waals surface area (Å²) in [5.74, 6) is 22.1. The monoisotopic (exact) mass is 1050 g/mol. The van der Waals surface area contributed by atoms with E-state index < -0.39 is 0 Å². The van der Waals surface area contributed by atoms with E-state index >= 15 is 0 Å². The van der Waals surface area contributed by atoms with Crippen molar-refractivity contribution in [3.8, 4) is 35.5 Å². The van der Waals surface area contributed by atoms with Crippen LogP contribution in [-0.2, 0) is 53.1 Å².